The standard InChI is InChI=1S/C15H18N4O3/c1-22-13-6-12(8-20)19(7-13)15(21)11-4-2-10(3-5-11)14-16-9-17-18-14/h2-5,9,12-13,20H,6-8H2,1H3,(H,16,17,18)/t12-,13+/m0/s1. The fraction of sp³-hybridized carbons (Fsp3) is 0.400. The molecular weight excluding hydrogens is 284 g/mol. The van der Waals surface area contributed by atoms with E-state index >= 15 is 0 Å². The molecule has 1 aliphatic heterocycles. The number of aliphatic hydroxyl groups excluding tert-OH is 1. The van der Waals surface area contributed by atoms with Crippen molar-refractivity contribution >= 4 is 5.91 Å². The van der Waals surface area contributed by atoms with Gasteiger partial charge < -0.3 is 14.7 Å². The summed E-state index contributed by atoms with van der Waals surface area (Å²) in [5, 5.41) is 16.0. The first-order valence-corrected chi connectivity index (χ1v) is 7.13. The number of likely N-dealkylation sites (tertiary alicyclic amines) is 1. The van der Waals surface area contributed by atoms with E-state index in [1.165, 1.54) is 6.33 Å². The molecule has 3 rings (SSSR count). The molecule has 116 valence electrons. The summed E-state index contributed by atoms with van der Waals surface area (Å²) in [6.45, 7) is 0.451. The summed E-state index contributed by atoms with van der Waals surface area (Å²) >= 11 is 0. The molecular formula is C15H18N4O3. The Morgan fingerprint density at radius 3 is 2.82 bits per heavy atom. The molecule has 1 amide bonds. The number of carbonyl (C=O) groups excluding carboxylic acids is 1. The maximum atomic E-state index is 12.6. The lowest BCUT2D eigenvalue weighted by molar-refractivity contribution is 0.0648. The van der Waals surface area contributed by atoms with Gasteiger partial charge in [-0.15, -0.1) is 0 Å². The Balaban J connectivity index is 1.77. The molecule has 7 nitrogen and oxygen atoms in total. The van der Waals surface area contributed by atoms with Crippen LogP contribution in [0.1, 0.15) is 16.8 Å². The Labute approximate surface area is 127 Å². The lowest BCUT2D eigenvalue weighted by Crippen LogP contribution is -2.38. The highest BCUT2D eigenvalue weighted by molar-refractivity contribution is 5.95. The van der Waals surface area contributed by atoms with Crippen LogP contribution in [0.3, 0.4) is 0 Å². The molecule has 2 aromatic rings. The number of hydrogen-bond donors (Lipinski definition) is 2. The zero-order valence-corrected chi connectivity index (χ0v) is 12.3. The molecule has 2 atom stereocenters. The normalized spacial score (nSPS) is 21.3. The number of methoxy groups -OCH3 is 1. The van der Waals surface area contributed by atoms with Crippen LogP contribution < -0.4 is 0 Å². The van der Waals surface area contributed by atoms with Gasteiger partial charge in [-0.2, -0.15) is 5.10 Å². The summed E-state index contributed by atoms with van der Waals surface area (Å²) in [6.07, 6.45) is 2.08. The van der Waals surface area contributed by atoms with E-state index in [0.29, 0.717) is 24.4 Å². The van der Waals surface area contributed by atoms with E-state index in [9.17, 15) is 9.90 Å². The molecule has 1 aromatic heterocycles. The van der Waals surface area contributed by atoms with Crippen LogP contribution in [-0.2, 0) is 4.74 Å². The van der Waals surface area contributed by atoms with Crippen molar-refractivity contribution in [2.24, 2.45) is 0 Å². The number of hydrogen-bond acceptors (Lipinski definition) is 5. The third kappa shape index (κ3) is 2.72. The van der Waals surface area contributed by atoms with Gasteiger partial charge in [-0.05, 0) is 18.6 Å². The van der Waals surface area contributed by atoms with Gasteiger partial charge in [0.2, 0.25) is 0 Å². The van der Waals surface area contributed by atoms with Crippen LogP contribution in [0.15, 0.2) is 30.6 Å². The second-order valence-corrected chi connectivity index (χ2v) is 5.30. The van der Waals surface area contributed by atoms with E-state index in [2.05, 4.69) is 15.2 Å². The number of carbonyl (C=O) groups is 1. The molecule has 0 unspecified atom stereocenters. The van der Waals surface area contributed by atoms with Crippen molar-refractivity contribution in [2.45, 2.75) is 18.6 Å². The highest BCUT2D eigenvalue weighted by Gasteiger charge is 2.35. The molecule has 1 fully saturated rings. The van der Waals surface area contributed by atoms with Crippen molar-refractivity contribution in [3.63, 3.8) is 0 Å². The molecule has 1 aliphatic rings. The number of amides is 1. The van der Waals surface area contributed by atoms with Crippen LogP contribution in [0.25, 0.3) is 11.4 Å². The zero-order chi connectivity index (χ0) is 15.5. The van der Waals surface area contributed by atoms with E-state index in [1.807, 2.05) is 12.1 Å². The maximum Gasteiger partial charge on any atom is 0.254 e. The fourth-order valence-electron chi connectivity index (χ4n) is 2.75. The molecule has 0 bridgehead atoms. The van der Waals surface area contributed by atoms with E-state index in [0.717, 1.165) is 5.56 Å². The first-order valence-electron chi connectivity index (χ1n) is 7.13. The van der Waals surface area contributed by atoms with Crippen LogP contribution in [0.4, 0.5) is 0 Å². The molecule has 1 aromatic carbocycles. The molecule has 0 radical (unpaired) electrons. The molecule has 22 heavy (non-hydrogen) atoms. The van der Waals surface area contributed by atoms with Crippen LogP contribution in [0, 0.1) is 0 Å². The fourth-order valence-corrected chi connectivity index (χ4v) is 2.75. The van der Waals surface area contributed by atoms with Gasteiger partial charge in [0, 0.05) is 24.8 Å². The van der Waals surface area contributed by atoms with Gasteiger partial charge in [0.05, 0.1) is 18.8 Å². The molecule has 0 saturated carbocycles. The van der Waals surface area contributed by atoms with Crippen LogP contribution in [0.2, 0.25) is 0 Å². The number of aromatic nitrogens is 3. The summed E-state index contributed by atoms with van der Waals surface area (Å²) < 4.78 is 5.30. The van der Waals surface area contributed by atoms with Crippen molar-refractivity contribution < 1.29 is 14.6 Å². The molecule has 7 heteroatoms. The lowest BCUT2D eigenvalue weighted by atomic mass is 10.1. The number of nitrogens with zero attached hydrogens (tertiary/aromatic N) is 3. The maximum absolute atomic E-state index is 12.6. The Morgan fingerprint density at radius 1 is 1.45 bits per heavy atom. The van der Waals surface area contributed by atoms with Crippen molar-refractivity contribution in [3.8, 4) is 11.4 Å². The molecule has 0 aliphatic carbocycles. The Bertz CT molecular complexity index is 627. The van der Waals surface area contributed by atoms with Crippen LogP contribution in [-0.4, -0.2) is 63.5 Å². The van der Waals surface area contributed by atoms with E-state index in [1.54, 1.807) is 24.1 Å². The number of ether oxygens (including phenoxy) is 1. The van der Waals surface area contributed by atoms with Crippen molar-refractivity contribution in [3.05, 3.63) is 36.2 Å². The summed E-state index contributed by atoms with van der Waals surface area (Å²) in [4.78, 5) is 18.4. The second kappa shape index (κ2) is 6.25. The number of rotatable bonds is 4. The van der Waals surface area contributed by atoms with Crippen LogP contribution in [0.5, 0.6) is 0 Å². The van der Waals surface area contributed by atoms with E-state index < -0.39 is 0 Å². The SMILES string of the molecule is CO[C@@H]1C[C@@H](CO)N(C(=O)c2ccc(-c3ncn[nH]3)cc2)C1. The predicted octanol–water partition coefficient (Wildman–Crippen LogP) is 0.693. The number of H-pyrrole nitrogens is 1. The zero-order valence-electron chi connectivity index (χ0n) is 12.3. The average Bonchev–Trinajstić information content (AvgIpc) is 3.23. The Kier molecular flexibility index (Phi) is 4.17. The number of benzene rings is 1. The Hall–Kier alpha value is -2.25. The third-order valence-electron chi connectivity index (χ3n) is 4.00. The quantitative estimate of drug-likeness (QED) is 0.867. The van der Waals surface area contributed by atoms with Gasteiger partial charge in [0.15, 0.2) is 5.82 Å². The van der Waals surface area contributed by atoms with E-state index in [4.69, 9.17) is 4.74 Å². The minimum absolute atomic E-state index is 0.0189. The number of nitrogens with one attached hydrogen (secondary N) is 1. The van der Waals surface area contributed by atoms with Gasteiger partial charge in [0.1, 0.15) is 6.33 Å². The summed E-state index contributed by atoms with van der Waals surface area (Å²) in [5.41, 5.74) is 1.45. The van der Waals surface area contributed by atoms with Gasteiger partial charge in [-0.3, -0.25) is 9.89 Å². The molecule has 2 N–H and O–H groups in total. The lowest BCUT2D eigenvalue weighted by Gasteiger charge is -2.22. The van der Waals surface area contributed by atoms with Crippen LogP contribution >= 0.6 is 0 Å². The van der Waals surface area contributed by atoms with Gasteiger partial charge in [-0.1, -0.05) is 12.1 Å². The smallest absolute Gasteiger partial charge is 0.254 e. The minimum atomic E-state index is -0.189. The average molecular weight is 302 g/mol. The van der Waals surface area contributed by atoms with Crippen molar-refractivity contribution in [1.82, 2.24) is 20.1 Å². The van der Waals surface area contributed by atoms with E-state index in [-0.39, 0.29) is 24.7 Å². The minimum Gasteiger partial charge on any atom is -0.394 e. The monoisotopic (exact) mass is 302 g/mol. The number of aromatic amines is 1. The summed E-state index contributed by atoms with van der Waals surface area (Å²) in [6, 6.07) is 6.98. The molecule has 2 heterocycles. The number of aliphatic hydroxyl groups is 1. The summed E-state index contributed by atoms with van der Waals surface area (Å²) in [5.74, 6) is 0.565. The third-order valence-corrected chi connectivity index (χ3v) is 4.00. The van der Waals surface area contributed by atoms with Crippen molar-refractivity contribution in [2.75, 3.05) is 20.3 Å². The predicted molar refractivity (Wildman–Crippen MR) is 79.1 cm³/mol. The highest BCUT2D eigenvalue weighted by Crippen LogP contribution is 2.23. The summed E-state index contributed by atoms with van der Waals surface area (Å²) in [7, 11) is 1.62. The first kappa shape index (κ1) is 14.7. The van der Waals surface area contributed by atoms with Gasteiger partial charge in [-0.25, -0.2) is 4.98 Å². The molecule has 1 saturated heterocycles. The van der Waals surface area contributed by atoms with Gasteiger partial charge >= 0.3 is 0 Å². The largest absolute Gasteiger partial charge is 0.394 e. The highest BCUT2D eigenvalue weighted by atomic mass is 16.5. The molecule has 0 spiro atoms. The topological polar surface area (TPSA) is 91.3 Å². The van der Waals surface area contributed by atoms with Gasteiger partial charge in [0.25, 0.3) is 5.91 Å². The first-order chi connectivity index (χ1) is 10.7. The van der Waals surface area contributed by atoms with Crippen molar-refractivity contribution in [1.29, 1.82) is 0 Å². The Morgan fingerprint density at radius 2 is 2.23 bits per heavy atom. The second-order valence-electron chi connectivity index (χ2n) is 5.30.